The highest BCUT2D eigenvalue weighted by molar-refractivity contribution is 7.91. The zero-order valence-electron chi connectivity index (χ0n) is 11.7. The SMILES string of the molecule is Cc1c(C(=O)NC2CCOC2C2CC2)csc1S(N)(=O)=O. The first-order valence-electron chi connectivity index (χ1n) is 6.91. The first-order valence-corrected chi connectivity index (χ1v) is 9.34. The van der Waals surface area contributed by atoms with Crippen LogP contribution in [0.2, 0.25) is 0 Å². The Morgan fingerprint density at radius 3 is 2.71 bits per heavy atom. The number of thiophene rings is 1. The second-order valence-corrected chi connectivity index (χ2v) is 8.28. The molecule has 21 heavy (non-hydrogen) atoms. The summed E-state index contributed by atoms with van der Waals surface area (Å²) in [4.78, 5) is 12.4. The summed E-state index contributed by atoms with van der Waals surface area (Å²) in [5.74, 6) is 0.307. The van der Waals surface area contributed by atoms with Gasteiger partial charge in [0.25, 0.3) is 5.91 Å². The van der Waals surface area contributed by atoms with Gasteiger partial charge in [-0.3, -0.25) is 4.79 Å². The number of carbonyl (C=O) groups excluding carboxylic acids is 1. The van der Waals surface area contributed by atoms with Crippen molar-refractivity contribution in [2.24, 2.45) is 11.1 Å². The molecule has 2 aliphatic rings. The zero-order chi connectivity index (χ0) is 15.2. The van der Waals surface area contributed by atoms with Crippen LogP contribution in [0.1, 0.15) is 35.2 Å². The number of amides is 1. The van der Waals surface area contributed by atoms with E-state index in [9.17, 15) is 13.2 Å². The zero-order valence-corrected chi connectivity index (χ0v) is 13.3. The van der Waals surface area contributed by atoms with E-state index in [-0.39, 0.29) is 22.3 Å². The van der Waals surface area contributed by atoms with Crippen molar-refractivity contribution >= 4 is 27.3 Å². The van der Waals surface area contributed by atoms with Gasteiger partial charge in [0.05, 0.1) is 17.7 Å². The van der Waals surface area contributed by atoms with E-state index in [2.05, 4.69) is 5.32 Å². The second kappa shape index (κ2) is 5.35. The highest BCUT2D eigenvalue weighted by Crippen LogP contribution is 2.39. The number of nitrogens with two attached hydrogens (primary N) is 1. The van der Waals surface area contributed by atoms with Crippen LogP contribution >= 0.6 is 11.3 Å². The molecular formula is C13H18N2O4S2. The molecule has 1 amide bonds. The molecule has 1 aliphatic heterocycles. The molecule has 8 heteroatoms. The van der Waals surface area contributed by atoms with Crippen molar-refractivity contribution in [3.63, 3.8) is 0 Å². The Morgan fingerprint density at radius 1 is 1.43 bits per heavy atom. The standard InChI is InChI=1S/C13H18N2O4S2/c1-7-9(6-20-13(7)21(14,17)18)12(16)15-10-4-5-19-11(10)8-2-3-8/h6,8,10-11H,2-5H2,1H3,(H,15,16)(H2,14,17,18). The lowest BCUT2D eigenvalue weighted by molar-refractivity contribution is 0.0729. The molecule has 0 radical (unpaired) electrons. The molecule has 2 fully saturated rings. The Hall–Kier alpha value is -0.960. The number of hydrogen-bond acceptors (Lipinski definition) is 5. The molecule has 2 heterocycles. The Balaban J connectivity index is 1.75. The van der Waals surface area contributed by atoms with E-state index >= 15 is 0 Å². The highest BCUT2D eigenvalue weighted by atomic mass is 32.2. The summed E-state index contributed by atoms with van der Waals surface area (Å²) < 4.78 is 28.6. The largest absolute Gasteiger partial charge is 0.376 e. The van der Waals surface area contributed by atoms with Crippen LogP contribution in [-0.4, -0.2) is 33.1 Å². The summed E-state index contributed by atoms with van der Waals surface area (Å²) in [5.41, 5.74) is 0.798. The molecule has 3 N–H and O–H groups in total. The Kier molecular flexibility index (Phi) is 3.81. The molecule has 6 nitrogen and oxygen atoms in total. The average Bonchev–Trinajstić information content (AvgIpc) is 2.99. The topological polar surface area (TPSA) is 98.5 Å². The van der Waals surface area contributed by atoms with Gasteiger partial charge in [0.1, 0.15) is 4.21 Å². The average molecular weight is 330 g/mol. The number of carbonyl (C=O) groups is 1. The molecule has 1 aliphatic carbocycles. The van der Waals surface area contributed by atoms with Crippen molar-refractivity contribution in [1.29, 1.82) is 0 Å². The van der Waals surface area contributed by atoms with Crippen LogP contribution in [0.25, 0.3) is 0 Å². The first-order chi connectivity index (χ1) is 9.88. The minimum atomic E-state index is -3.77. The van der Waals surface area contributed by atoms with E-state index < -0.39 is 10.0 Å². The summed E-state index contributed by atoms with van der Waals surface area (Å²) in [7, 11) is -3.77. The highest BCUT2D eigenvalue weighted by Gasteiger charge is 2.41. The van der Waals surface area contributed by atoms with Gasteiger partial charge in [-0.15, -0.1) is 11.3 Å². The Bertz CT molecular complexity index is 664. The molecule has 1 aromatic heterocycles. The lowest BCUT2D eigenvalue weighted by Gasteiger charge is -2.19. The molecular weight excluding hydrogens is 312 g/mol. The third-order valence-electron chi connectivity index (χ3n) is 4.04. The van der Waals surface area contributed by atoms with Crippen LogP contribution in [0.5, 0.6) is 0 Å². The van der Waals surface area contributed by atoms with Crippen LogP contribution in [0.15, 0.2) is 9.59 Å². The van der Waals surface area contributed by atoms with Gasteiger partial charge in [0.15, 0.2) is 0 Å². The minimum absolute atomic E-state index is 0.0160. The summed E-state index contributed by atoms with van der Waals surface area (Å²) in [6.07, 6.45) is 3.22. The fourth-order valence-electron chi connectivity index (χ4n) is 2.80. The van der Waals surface area contributed by atoms with Crippen LogP contribution in [0.3, 0.4) is 0 Å². The summed E-state index contributed by atoms with van der Waals surface area (Å²) in [6.45, 7) is 2.27. The molecule has 116 valence electrons. The van der Waals surface area contributed by atoms with Gasteiger partial charge in [-0.05, 0) is 37.7 Å². The third-order valence-corrected chi connectivity index (χ3v) is 6.72. The Morgan fingerprint density at radius 2 is 2.14 bits per heavy atom. The number of ether oxygens (including phenoxy) is 1. The summed E-state index contributed by atoms with van der Waals surface area (Å²) >= 11 is 0.984. The molecule has 2 atom stereocenters. The quantitative estimate of drug-likeness (QED) is 0.860. The van der Waals surface area contributed by atoms with E-state index in [0.29, 0.717) is 23.7 Å². The van der Waals surface area contributed by atoms with Crippen LogP contribution < -0.4 is 10.5 Å². The summed E-state index contributed by atoms with van der Waals surface area (Å²) in [6, 6.07) is 0.0160. The van der Waals surface area contributed by atoms with E-state index in [1.54, 1.807) is 12.3 Å². The van der Waals surface area contributed by atoms with Gasteiger partial charge in [-0.1, -0.05) is 0 Å². The predicted molar refractivity (Wildman–Crippen MR) is 78.8 cm³/mol. The normalized spacial score (nSPS) is 26.0. The molecule has 0 aromatic carbocycles. The molecule has 3 rings (SSSR count). The van der Waals surface area contributed by atoms with Gasteiger partial charge < -0.3 is 10.1 Å². The molecule has 1 saturated heterocycles. The molecule has 0 bridgehead atoms. The number of sulfonamides is 1. The molecule has 2 unspecified atom stereocenters. The molecule has 0 spiro atoms. The second-order valence-electron chi connectivity index (χ2n) is 5.65. The fourth-order valence-corrected chi connectivity index (χ4v) is 4.82. The number of primary sulfonamides is 1. The predicted octanol–water partition coefficient (Wildman–Crippen LogP) is 1.00. The number of nitrogens with one attached hydrogen (secondary N) is 1. The lowest BCUT2D eigenvalue weighted by atomic mass is 10.1. The number of rotatable bonds is 4. The lowest BCUT2D eigenvalue weighted by Crippen LogP contribution is -2.41. The van der Waals surface area contributed by atoms with E-state index in [4.69, 9.17) is 9.88 Å². The van der Waals surface area contributed by atoms with E-state index in [0.717, 1.165) is 30.6 Å². The van der Waals surface area contributed by atoms with Crippen molar-refractivity contribution < 1.29 is 17.9 Å². The molecule has 1 saturated carbocycles. The van der Waals surface area contributed by atoms with E-state index in [1.807, 2.05) is 0 Å². The van der Waals surface area contributed by atoms with Crippen LogP contribution in [0.4, 0.5) is 0 Å². The van der Waals surface area contributed by atoms with Crippen molar-refractivity contribution in [2.45, 2.75) is 42.5 Å². The maximum absolute atomic E-state index is 12.4. The van der Waals surface area contributed by atoms with Gasteiger partial charge in [-0.2, -0.15) is 0 Å². The maximum atomic E-state index is 12.4. The van der Waals surface area contributed by atoms with E-state index in [1.165, 1.54) is 0 Å². The summed E-state index contributed by atoms with van der Waals surface area (Å²) in [5, 5.41) is 9.66. The first kappa shape index (κ1) is 15.0. The van der Waals surface area contributed by atoms with Gasteiger partial charge >= 0.3 is 0 Å². The van der Waals surface area contributed by atoms with Crippen molar-refractivity contribution in [1.82, 2.24) is 5.32 Å². The molecule has 1 aromatic rings. The van der Waals surface area contributed by atoms with Crippen LogP contribution in [-0.2, 0) is 14.8 Å². The third kappa shape index (κ3) is 2.98. The fraction of sp³-hybridized carbons (Fsp3) is 0.615. The number of hydrogen-bond donors (Lipinski definition) is 2. The Labute approximate surface area is 127 Å². The van der Waals surface area contributed by atoms with Crippen molar-refractivity contribution in [3.05, 3.63) is 16.5 Å². The van der Waals surface area contributed by atoms with Crippen LogP contribution in [0, 0.1) is 12.8 Å². The smallest absolute Gasteiger partial charge is 0.252 e. The van der Waals surface area contributed by atoms with Gasteiger partial charge in [0, 0.05) is 12.0 Å². The van der Waals surface area contributed by atoms with Gasteiger partial charge in [-0.25, -0.2) is 13.6 Å². The minimum Gasteiger partial charge on any atom is -0.376 e. The monoisotopic (exact) mass is 330 g/mol. The maximum Gasteiger partial charge on any atom is 0.252 e. The van der Waals surface area contributed by atoms with Gasteiger partial charge in [0.2, 0.25) is 10.0 Å². The van der Waals surface area contributed by atoms with Crippen molar-refractivity contribution in [3.8, 4) is 0 Å². The van der Waals surface area contributed by atoms with Crippen molar-refractivity contribution in [2.75, 3.05) is 6.61 Å².